The molecular weight excluding hydrogens is 729 g/mol. The van der Waals surface area contributed by atoms with Gasteiger partial charge in [0.05, 0.1) is 45.8 Å². The maximum absolute atomic E-state index is 12.5. The zero-order chi connectivity index (χ0) is 40.0. The quantitative estimate of drug-likeness (QED) is 0.0982. The number of aliphatic carboxylic acids is 1. The molecule has 1 aliphatic rings. The lowest BCUT2D eigenvalue weighted by atomic mass is 9.92. The van der Waals surface area contributed by atoms with Gasteiger partial charge in [0.1, 0.15) is 47.9 Å². The van der Waals surface area contributed by atoms with E-state index in [1.54, 1.807) is 27.0 Å². The molecule has 0 unspecified atom stereocenters. The van der Waals surface area contributed by atoms with Crippen molar-refractivity contribution in [1.29, 1.82) is 0 Å². The Balaban J connectivity index is 1.33. The van der Waals surface area contributed by atoms with Gasteiger partial charge in [0, 0.05) is 0 Å². The summed E-state index contributed by atoms with van der Waals surface area (Å²) >= 11 is 0. The van der Waals surface area contributed by atoms with Gasteiger partial charge in [0.15, 0.2) is 0 Å². The highest BCUT2D eigenvalue weighted by atomic mass is 16.6. The minimum Gasteiger partial charge on any atom is -0.480 e. The summed E-state index contributed by atoms with van der Waals surface area (Å²) in [5.41, 5.74) is 3.44. The van der Waals surface area contributed by atoms with Gasteiger partial charge in [-0.1, -0.05) is 127 Å². The number of alkyl carbamates (subject to hydrolysis) is 1. The van der Waals surface area contributed by atoms with Gasteiger partial charge in [-0.2, -0.15) is 0 Å². The van der Waals surface area contributed by atoms with Crippen molar-refractivity contribution in [3.8, 4) is 0 Å². The van der Waals surface area contributed by atoms with E-state index in [1.807, 2.05) is 121 Å². The maximum atomic E-state index is 12.5. The van der Waals surface area contributed by atoms with E-state index in [4.69, 9.17) is 28.4 Å². The smallest absolute Gasteiger partial charge is 0.408 e. The average Bonchev–Trinajstić information content (AvgIpc) is 3.67. The van der Waals surface area contributed by atoms with Crippen molar-refractivity contribution >= 4 is 12.1 Å². The standard InChI is InChI=1S/C44H50N4O9/c1-44(2,3)57-43(51)45-36(42(49)50)25-48-24-35(46-47-48)38-40(54-28-33-20-12-6-13-21-33)41(55-29-34-22-14-7-15-23-34)39(53-27-32-18-10-5-11-19-32)37(56-38)30-52-26-31-16-8-4-9-17-31/h4-24,36-41H,25-30H2,1-3H3,(H,45,51)(H,49,50)/t36-,37+,38-,39+,40-,41-/m0/s1. The minimum absolute atomic E-state index is 0.149. The highest BCUT2D eigenvalue weighted by Crippen LogP contribution is 2.38. The Labute approximate surface area is 332 Å². The number of hydrogen-bond donors (Lipinski definition) is 2. The molecule has 57 heavy (non-hydrogen) atoms. The Morgan fingerprint density at radius 3 is 1.68 bits per heavy atom. The van der Waals surface area contributed by atoms with Crippen LogP contribution in [0.2, 0.25) is 0 Å². The van der Waals surface area contributed by atoms with Crippen LogP contribution in [0.5, 0.6) is 0 Å². The molecule has 13 heteroatoms. The number of carbonyl (C=O) groups is 2. The van der Waals surface area contributed by atoms with Crippen LogP contribution in [-0.4, -0.2) is 74.8 Å². The van der Waals surface area contributed by atoms with Crippen molar-refractivity contribution in [3.63, 3.8) is 0 Å². The van der Waals surface area contributed by atoms with Crippen molar-refractivity contribution in [3.05, 3.63) is 155 Å². The van der Waals surface area contributed by atoms with Gasteiger partial charge < -0.3 is 38.8 Å². The molecule has 1 aromatic heterocycles. The lowest BCUT2D eigenvalue weighted by Crippen LogP contribution is -2.58. The Morgan fingerprint density at radius 2 is 1.19 bits per heavy atom. The zero-order valence-corrected chi connectivity index (χ0v) is 32.4. The third-order valence-electron chi connectivity index (χ3n) is 9.09. The van der Waals surface area contributed by atoms with E-state index in [0.29, 0.717) is 12.3 Å². The van der Waals surface area contributed by atoms with Crippen LogP contribution in [0.4, 0.5) is 4.79 Å². The molecule has 1 aliphatic heterocycles. The number of ether oxygens (including phenoxy) is 6. The molecule has 5 aromatic rings. The van der Waals surface area contributed by atoms with Gasteiger partial charge >= 0.3 is 12.1 Å². The van der Waals surface area contributed by atoms with E-state index >= 15 is 0 Å². The van der Waals surface area contributed by atoms with E-state index in [0.717, 1.165) is 22.3 Å². The van der Waals surface area contributed by atoms with Crippen LogP contribution in [-0.2, 0) is 66.2 Å². The molecule has 6 rings (SSSR count). The molecule has 2 heterocycles. The van der Waals surface area contributed by atoms with Gasteiger partial charge in [-0.25, -0.2) is 14.3 Å². The fourth-order valence-electron chi connectivity index (χ4n) is 6.38. The number of nitrogens with zero attached hydrogens (tertiary/aromatic N) is 3. The third kappa shape index (κ3) is 12.5. The number of nitrogens with one attached hydrogen (secondary N) is 1. The van der Waals surface area contributed by atoms with Gasteiger partial charge in [0.25, 0.3) is 0 Å². The first-order valence-electron chi connectivity index (χ1n) is 19.0. The second-order valence-corrected chi connectivity index (χ2v) is 14.8. The number of aromatic nitrogens is 3. The molecule has 0 saturated carbocycles. The van der Waals surface area contributed by atoms with Crippen LogP contribution < -0.4 is 5.32 Å². The Bertz CT molecular complexity index is 1960. The fourth-order valence-corrected chi connectivity index (χ4v) is 6.38. The van der Waals surface area contributed by atoms with Gasteiger partial charge in [-0.05, 0) is 43.0 Å². The Kier molecular flexibility index (Phi) is 14.5. The molecule has 0 aliphatic carbocycles. The molecule has 6 atom stereocenters. The fraction of sp³-hybridized carbons (Fsp3) is 0.364. The zero-order valence-electron chi connectivity index (χ0n) is 32.4. The van der Waals surface area contributed by atoms with E-state index in [2.05, 4.69) is 15.6 Å². The van der Waals surface area contributed by atoms with E-state index in [1.165, 1.54) is 4.68 Å². The first-order valence-corrected chi connectivity index (χ1v) is 19.0. The molecule has 0 bridgehead atoms. The summed E-state index contributed by atoms with van der Waals surface area (Å²) < 4.78 is 40.2. The number of carboxylic acid groups (broad SMARTS) is 1. The van der Waals surface area contributed by atoms with E-state index < -0.39 is 54.2 Å². The SMILES string of the molecule is CC(C)(C)OC(=O)N[C@@H](Cn1cc([C@@H]2O[C@H](COCc3ccccc3)[C@@H](OCc3ccccc3)[C@H](OCc3ccccc3)[C@H]2OCc2ccccc2)nn1)C(=O)O. The summed E-state index contributed by atoms with van der Waals surface area (Å²) in [6.07, 6.45) is -2.92. The molecular formula is C44H50N4O9. The predicted molar refractivity (Wildman–Crippen MR) is 210 cm³/mol. The van der Waals surface area contributed by atoms with Gasteiger partial charge in [-0.15, -0.1) is 5.10 Å². The number of amides is 1. The van der Waals surface area contributed by atoms with Gasteiger partial charge in [0.2, 0.25) is 0 Å². The Morgan fingerprint density at radius 1 is 0.719 bits per heavy atom. The number of rotatable bonds is 18. The normalized spacial score (nSPS) is 20.1. The molecule has 0 spiro atoms. The lowest BCUT2D eigenvalue weighted by molar-refractivity contribution is -0.275. The number of carboxylic acids is 1. The van der Waals surface area contributed by atoms with E-state index in [-0.39, 0.29) is 33.0 Å². The van der Waals surface area contributed by atoms with Crippen molar-refractivity contribution in [2.75, 3.05) is 6.61 Å². The summed E-state index contributed by atoms with van der Waals surface area (Å²) in [6.45, 7) is 6.12. The molecule has 300 valence electrons. The predicted octanol–water partition coefficient (Wildman–Crippen LogP) is 6.67. The van der Waals surface area contributed by atoms with Crippen molar-refractivity contribution in [1.82, 2.24) is 20.3 Å². The van der Waals surface area contributed by atoms with Crippen molar-refractivity contribution in [2.24, 2.45) is 0 Å². The second-order valence-electron chi connectivity index (χ2n) is 14.8. The number of carbonyl (C=O) groups excluding carboxylic acids is 1. The molecule has 1 saturated heterocycles. The molecule has 1 amide bonds. The van der Waals surface area contributed by atoms with Gasteiger partial charge in [-0.3, -0.25) is 0 Å². The highest BCUT2D eigenvalue weighted by molar-refractivity contribution is 5.79. The summed E-state index contributed by atoms with van der Waals surface area (Å²) in [6, 6.07) is 38.0. The Hall–Kier alpha value is -5.44. The topological polar surface area (TPSA) is 152 Å². The van der Waals surface area contributed by atoms with Crippen LogP contribution in [0.15, 0.2) is 128 Å². The maximum Gasteiger partial charge on any atom is 0.408 e. The van der Waals surface area contributed by atoms with Crippen molar-refractivity contribution in [2.45, 2.75) is 95.9 Å². The molecule has 0 radical (unpaired) electrons. The number of hydrogen-bond acceptors (Lipinski definition) is 10. The molecule has 13 nitrogen and oxygen atoms in total. The van der Waals surface area contributed by atoms with Crippen LogP contribution in [0, 0.1) is 0 Å². The second kappa shape index (κ2) is 20.1. The molecule has 1 fully saturated rings. The summed E-state index contributed by atoms with van der Waals surface area (Å²) in [4.78, 5) is 24.8. The summed E-state index contributed by atoms with van der Waals surface area (Å²) in [7, 11) is 0. The number of benzene rings is 4. The van der Waals surface area contributed by atoms with Crippen LogP contribution >= 0.6 is 0 Å². The minimum atomic E-state index is -1.36. The summed E-state index contributed by atoms with van der Waals surface area (Å²) in [5.74, 6) is -1.26. The lowest BCUT2D eigenvalue weighted by Gasteiger charge is -2.45. The largest absolute Gasteiger partial charge is 0.480 e. The average molecular weight is 779 g/mol. The molecule has 2 N–H and O–H groups in total. The molecule has 4 aromatic carbocycles. The first-order chi connectivity index (χ1) is 27.6. The third-order valence-corrected chi connectivity index (χ3v) is 9.09. The van der Waals surface area contributed by atoms with Crippen LogP contribution in [0.1, 0.15) is 54.8 Å². The van der Waals surface area contributed by atoms with E-state index in [9.17, 15) is 14.7 Å². The van der Waals surface area contributed by atoms with Crippen LogP contribution in [0.25, 0.3) is 0 Å². The monoisotopic (exact) mass is 778 g/mol. The highest BCUT2D eigenvalue weighted by Gasteiger charge is 2.50. The van der Waals surface area contributed by atoms with Crippen molar-refractivity contribution < 1.29 is 43.1 Å². The summed E-state index contributed by atoms with van der Waals surface area (Å²) in [5, 5.41) is 21.1. The first kappa shape index (κ1) is 41.2. The van der Waals surface area contributed by atoms with Crippen LogP contribution in [0.3, 0.4) is 0 Å².